The van der Waals surface area contributed by atoms with Crippen LogP contribution in [0.15, 0.2) is 36.4 Å². The Labute approximate surface area is 119 Å². The van der Waals surface area contributed by atoms with Crippen LogP contribution in [0.2, 0.25) is 10.0 Å². The maximum Gasteiger partial charge on any atom is 0.260 e. The molecule has 0 aliphatic heterocycles. The van der Waals surface area contributed by atoms with Crippen molar-refractivity contribution in [2.45, 2.75) is 0 Å². The van der Waals surface area contributed by atoms with E-state index >= 15 is 0 Å². The zero-order valence-electron chi connectivity index (χ0n) is 9.58. The highest BCUT2D eigenvalue weighted by molar-refractivity contribution is 6.34. The van der Waals surface area contributed by atoms with Gasteiger partial charge in [0.05, 0.1) is 22.0 Å². The van der Waals surface area contributed by atoms with Gasteiger partial charge in [0.2, 0.25) is 0 Å². The SMILES string of the molecule is Nc1ccc(Cl)cc1NC(=O)c1c(F)cccc1Cl. The number of anilines is 2. The maximum absolute atomic E-state index is 13.6. The van der Waals surface area contributed by atoms with Crippen LogP contribution in [0.5, 0.6) is 0 Å². The molecule has 0 fully saturated rings. The van der Waals surface area contributed by atoms with Crippen molar-refractivity contribution in [2.75, 3.05) is 11.1 Å². The second-order valence-electron chi connectivity index (χ2n) is 3.78. The number of nitrogens with two attached hydrogens (primary N) is 1. The summed E-state index contributed by atoms with van der Waals surface area (Å²) < 4.78 is 13.6. The van der Waals surface area contributed by atoms with E-state index in [-0.39, 0.29) is 10.6 Å². The number of carbonyl (C=O) groups excluding carboxylic acids is 1. The van der Waals surface area contributed by atoms with Crippen molar-refractivity contribution in [3.8, 4) is 0 Å². The molecule has 19 heavy (non-hydrogen) atoms. The fourth-order valence-corrected chi connectivity index (χ4v) is 1.96. The Hall–Kier alpha value is -1.78. The fraction of sp³-hybridized carbons (Fsp3) is 0. The van der Waals surface area contributed by atoms with E-state index in [2.05, 4.69) is 5.32 Å². The lowest BCUT2D eigenvalue weighted by Gasteiger charge is -2.10. The van der Waals surface area contributed by atoms with Gasteiger partial charge in [-0.05, 0) is 30.3 Å². The Bertz CT molecular complexity index is 626. The van der Waals surface area contributed by atoms with Gasteiger partial charge in [-0.15, -0.1) is 0 Å². The molecule has 0 unspecified atom stereocenters. The van der Waals surface area contributed by atoms with Gasteiger partial charge in [-0.25, -0.2) is 4.39 Å². The first-order valence-electron chi connectivity index (χ1n) is 5.29. The largest absolute Gasteiger partial charge is 0.397 e. The molecule has 3 nitrogen and oxygen atoms in total. The first-order chi connectivity index (χ1) is 8.99. The number of amides is 1. The second kappa shape index (κ2) is 5.47. The molecular weight excluding hydrogens is 290 g/mol. The van der Waals surface area contributed by atoms with Crippen molar-refractivity contribution in [2.24, 2.45) is 0 Å². The van der Waals surface area contributed by atoms with E-state index in [4.69, 9.17) is 28.9 Å². The van der Waals surface area contributed by atoms with Gasteiger partial charge in [0.1, 0.15) is 5.82 Å². The molecule has 0 radical (unpaired) electrons. The summed E-state index contributed by atoms with van der Waals surface area (Å²) in [5, 5.41) is 2.91. The molecule has 0 aliphatic carbocycles. The van der Waals surface area contributed by atoms with Crippen molar-refractivity contribution in [3.63, 3.8) is 0 Å². The van der Waals surface area contributed by atoms with Crippen LogP contribution in [0.25, 0.3) is 0 Å². The van der Waals surface area contributed by atoms with Crippen molar-refractivity contribution in [3.05, 3.63) is 57.8 Å². The highest BCUT2D eigenvalue weighted by Gasteiger charge is 2.16. The molecule has 2 aromatic rings. The van der Waals surface area contributed by atoms with E-state index in [1.807, 2.05) is 0 Å². The van der Waals surface area contributed by atoms with Crippen LogP contribution in [-0.4, -0.2) is 5.91 Å². The number of nitrogen functional groups attached to an aromatic ring is 1. The molecule has 0 atom stereocenters. The first-order valence-corrected chi connectivity index (χ1v) is 6.05. The lowest BCUT2D eigenvalue weighted by atomic mass is 10.2. The average molecular weight is 299 g/mol. The zero-order valence-corrected chi connectivity index (χ0v) is 11.1. The monoisotopic (exact) mass is 298 g/mol. The van der Waals surface area contributed by atoms with Gasteiger partial charge >= 0.3 is 0 Å². The highest BCUT2D eigenvalue weighted by Crippen LogP contribution is 2.25. The van der Waals surface area contributed by atoms with Crippen LogP contribution in [0.4, 0.5) is 15.8 Å². The third-order valence-corrected chi connectivity index (χ3v) is 3.00. The molecular formula is C13H9Cl2FN2O. The molecule has 0 aliphatic rings. The van der Waals surface area contributed by atoms with Crippen molar-refractivity contribution >= 4 is 40.5 Å². The molecule has 98 valence electrons. The number of hydrogen-bond acceptors (Lipinski definition) is 2. The van der Waals surface area contributed by atoms with Gasteiger partial charge in [0.25, 0.3) is 5.91 Å². The Morgan fingerprint density at radius 1 is 1.21 bits per heavy atom. The predicted molar refractivity (Wildman–Crippen MR) is 75.2 cm³/mol. The Morgan fingerprint density at radius 3 is 2.63 bits per heavy atom. The quantitative estimate of drug-likeness (QED) is 0.824. The summed E-state index contributed by atoms with van der Waals surface area (Å²) in [6, 6.07) is 8.61. The molecule has 0 aromatic heterocycles. The van der Waals surface area contributed by atoms with E-state index in [9.17, 15) is 9.18 Å². The Morgan fingerprint density at radius 2 is 1.95 bits per heavy atom. The van der Waals surface area contributed by atoms with Gasteiger partial charge in [0, 0.05) is 5.02 Å². The number of hydrogen-bond donors (Lipinski definition) is 2. The van der Waals surface area contributed by atoms with Gasteiger partial charge in [-0.3, -0.25) is 4.79 Å². The van der Waals surface area contributed by atoms with Crippen LogP contribution in [0.3, 0.4) is 0 Å². The zero-order chi connectivity index (χ0) is 14.0. The number of nitrogens with one attached hydrogen (secondary N) is 1. The molecule has 0 spiro atoms. The van der Waals surface area contributed by atoms with Gasteiger partial charge in [-0.2, -0.15) is 0 Å². The molecule has 2 aromatic carbocycles. The molecule has 2 rings (SSSR count). The minimum Gasteiger partial charge on any atom is -0.397 e. The lowest BCUT2D eigenvalue weighted by molar-refractivity contribution is 0.102. The molecule has 3 N–H and O–H groups in total. The maximum atomic E-state index is 13.6. The average Bonchev–Trinajstić information content (AvgIpc) is 2.33. The van der Waals surface area contributed by atoms with Crippen LogP contribution in [-0.2, 0) is 0 Å². The second-order valence-corrected chi connectivity index (χ2v) is 4.63. The van der Waals surface area contributed by atoms with Crippen LogP contribution < -0.4 is 11.1 Å². The van der Waals surface area contributed by atoms with Crippen LogP contribution >= 0.6 is 23.2 Å². The van der Waals surface area contributed by atoms with E-state index in [0.717, 1.165) is 6.07 Å². The summed E-state index contributed by atoms with van der Waals surface area (Å²) in [6.45, 7) is 0. The highest BCUT2D eigenvalue weighted by atomic mass is 35.5. The molecule has 0 heterocycles. The van der Waals surface area contributed by atoms with Crippen molar-refractivity contribution < 1.29 is 9.18 Å². The topological polar surface area (TPSA) is 55.1 Å². The molecule has 0 bridgehead atoms. The van der Waals surface area contributed by atoms with Crippen molar-refractivity contribution in [1.82, 2.24) is 0 Å². The normalized spacial score (nSPS) is 10.3. The molecule has 6 heteroatoms. The lowest BCUT2D eigenvalue weighted by Crippen LogP contribution is -2.15. The summed E-state index contributed by atoms with van der Waals surface area (Å²) in [4.78, 5) is 12.0. The van der Waals surface area contributed by atoms with E-state index in [1.165, 1.54) is 18.2 Å². The Kier molecular flexibility index (Phi) is 3.93. The van der Waals surface area contributed by atoms with Crippen molar-refractivity contribution in [1.29, 1.82) is 0 Å². The summed E-state index contributed by atoms with van der Waals surface area (Å²) in [5.41, 5.74) is 6.09. The van der Waals surface area contributed by atoms with E-state index in [0.29, 0.717) is 16.4 Å². The standard InChI is InChI=1S/C13H9Cl2FN2O/c14-7-4-5-10(17)11(6-7)18-13(19)12-8(15)2-1-3-9(12)16/h1-6H,17H2,(H,18,19). The minimum atomic E-state index is -0.703. The van der Waals surface area contributed by atoms with Crippen LogP contribution in [0.1, 0.15) is 10.4 Å². The summed E-state index contributed by atoms with van der Waals surface area (Å²) >= 11 is 11.6. The third kappa shape index (κ3) is 2.97. The smallest absolute Gasteiger partial charge is 0.260 e. The van der Waals surface area contributed by atoms with E-state index < -0.39 is 11.7 Å². The Balaban J connectivity index is 2.34. The molecule has 0 saturated carbocycles. The summed E-state index contributed by atoms with van der Waals surface area (Å²) in [6.07, 6.45) is 0. The van der Waals surface area contributed by atoms with Gasteiger partial charge < -0.3 is 11.1 Å². The first kappa shape index (κ1) is 13.6. The predicted octanol–water partition coefficient (Wildman–Crippen LogP) is 3.97. The third-order valence-electron chi connectivity index (χ3n) is 2.45. The summed E-state index contributed by atoms with van der Waals surface area (Å²) in [5.74, 6) is -1.39. The molecule has 0 saturated heterocycles. The summed E-state index contributed by atoms with van der Waals surface area (Å²) in [7, 11) is 0. The van der Waals surface area contributed by atoms with E-state index in [1.54, 1.807) is 12.1 Å². The molecule has 1 amide bonds. The number of halogens is 3. The minimum absolute atomic E-state index is 0.0260. The fourth-order valence-electron chi connectivity index (χ4n) is 1.54. The number of benzene rings is 2. The van der Waals surface area contributed by atoms with Crippen LogP contribution in [0, 0.1) is 5.82 Å². The number of carbonyl (C=O) groups is 1. The van der Waals surface area contributed by atoms with Gasteiger partial charge in [-0.1, -0.05) is 29.3 Å². The number of rotatable bonds is 2. The van der Waals surface area contributed by atoms with Gasteiger partial charge in [0.15, 0.2) is 0 Å².